The number of nitrogens with one attached hydrogen (secondary N) is 1. The Hall–Kier alpha value is -1.84. The molecule has 0 radical (unpaired) electrons. The van der Waals surface area contributed by atoms with Crippen LogP contribution in [0.3, 0.4) is 0 Å². The van der Waals surface area contributed by atoms with E-state index in [1.165, 1.54) is 12.1 Å². The van der Waals surface area contributed by atoms with Crippen molar-refractivity contribution in [2.45, 2.75) is 19.5 Å². The first-order valence-electron chi connectivity index (χ1n) is 6.80. The normalized spacial score (nSPS) is 12.7. The minimum Gasteiger partial charge on any atom is -0.444 e. The molecule has 0 bridgehead atoms. The summed E-state index contributed by atoms with van der Waals surface area (Å²) in [5.41, 5.74) is 2.60. The van der Waals surface area contributed by atoms with Gasteiger partial charge in [0.1, 0.15) is 11.4 Å². The van der Waals surface area contributed by atoms with Gasteiger partial charge in [0.2, 0.25) is 0 Å². The molecular weight excluding hydrogens is 289 g/mol. The standard InChI is InChI=1S/C17H15ClFNO/c1-11(12-5-4-6-13(19)9-12)20-10-15-14-7-2-3-8-16(14)21-17(15)18/h2-9,11,20H,10H2,1H3. The third-order valence-electron chi connectivity index (χ3n) is 3.58. The highest BCUT2D eigenvalue weighted by atomic mass is 35.5. The van der Waals surface area contributed by atoms with Gasteiger partial charge < -0.3 is 9.73 Å². The second-order valence-corrected chi connectivity index (χ2v) is 5.35. The maximum Gasteiger partial charge on any atom is 0.199 e. The number of rotatable bonds is 4. The van der Waals surface area contributed by atoms with Crippen molar-refractivity contribution in [3.63, 3.8) is 0 Å². The minimum absolute atomic E-state index is 0.0189. The fraction of sp³-hybridized carbons (Fsp3) is 0.176. The van der Waals surface area contributed by atoms with Gasteiger partial charge >= 0.3 is 0 Å². The van der Waals surface area contributed by atoms with Crippen molar-refractivity contribution in [3.8, 4) is 0 Å². The summed E-state index contributed by atoms with van der Waals surface area (Å²) in [6.07, 6.45) is 0. The Kier molecular flexibility index (Phi) is 3.95. The lowest BCUT2D eigenvalue weighted by Crippen LogP contribution is -2.18. The molecule has 0 saturated heterocycles. The van der Waals surface area contributed by atoms with Gasteiger partial charge in [-0.1, -0.05) is 30.3 Å². The van der Waals surface area contributed by atoms with Crippen LogP contribution < -0.4 is 5.32 Å². The number of para-hydroxylation sites is 1. The van der Waals surface area contributed by atoms with E-state index in [0.29, 0.717) is 11.8 Å². The lowest BCUT2D eigenvalue weighted by molar-refractivity contribution is 0.556. The van der Waals surface area contributed by atoms with Crippen molar-refractivity contribution in [3.05, 3.63) is 70.7 Å². The van der Waals surface area contributed by atoms with Crippen LogP contribution in [0.25, 0.3) is 11.0 Å². The third-order valence-corrected chi connectivity index (χ3v) is 3.89. The molecule has 1 N–H and O–H groups in total. The zero-order chi connectivity index (χ0) is 14.8. The molecule has 0 amide bonds. The Morgan fingerprint density at radius 2 is 2.00 bits per heavy atom. The monoisotopic (exact) mass is 303 g/mol. The van der Waals surface area contributed by atoms with Gasteiger partial charge in [0.25, 0.3) is 0 Å². The highest BCUT2D eigenvalue weighted by molar-refractivity contribution is 6.30. The molecule has 1 atom stereocenters. The van der Waals surface area contributed by atoms with E-state index in [1.54, 1.807) is 6.07 Å². The van der Waals surface area contributed by atoms with Gasteiger partial charge in [-0.15, -0.1) is 0 Å². The molecule has 1 unspecified atom stereocenters. The second kappa shape index (κ2) is 5.88. The first kappa shape index (κ1) is 14.1. The summed E-state index contributed by atoms with van der Waals surface area (Å²) >= 11 is 6.16. The van der Waals surface area contributed by atoms with E-state index in [4.69, 9.17) is 16.0 Å². The molecule has 0 saturated carbocycles. The summed E-state index contributed by atoms with van der Waals surface area (Å²) in [6.45, 7) is 2.55. The molecule has 0 spiro atoms. The third kappa shape index (κ3) is 2.94. The Bertz CT molecular complexity index is 768. The number of fused-ring (bicyclic) bond motifs is 1. The van der Waals surface area contributed by atoms with Crippen LogP contribution in [-0.2, 0) is 6.54 Å². The summed E-state index contributed by atoms with van der Waals surface area (Å²) in [5, 5.41) is 4.75. The smallest absolute Gasteiger partial charge is 0.199 e. The molecule has 1 heterocycles. The van der Waals surface area contributed by atoms with Crippen LogP contribution in [0.4, 0.5) is 4.39 Å². The molecule has 3 aromatic rings. The van der Waals surface area contributed by atoms with E-state index in [0.717, 1.165) is 22.1 Å². The van der Waals surface area contributed by atoms with Crippen LogP contribution >= 0.6 is 11.6 Å². The van der Waals surface area contributed by atoms with Crippen LogP contribution in [-0.4, -0.2) is 0 Å². The Morgan fingerprint density at radius 1 is 1.19 bits per heavy atom. The molecule has 21 heavy (non-hydrogen) atoms. The molecule has 0 fully saturated rings. The molecule has 108 valence electrons. The molecule has 4 heteroatoms. The predicted octanol–water partition coefficient (Wildman–Crippen LogP) is 5.08. The molecular formula is C17H15ClFNO. The van der Waals surface area contributed by atoms with Crippen molar-refractivity contribution < 1.29 is 8.81 Å². The van der Waals surface area contributed by atoms with E-state index >= 15 is 0 Å². The van der Waals surface area contributed by atoms with Gasteiger partial charge in [-0.05, 0) is 42.3 Å². The second-order valence-electron chi connectivity index (χ2n) is 5.01. The van der Waals surface area contributed by atoms with Gasteiger partial charge in [0, 0.05) is 23.5 Å². The molecule has 3 rings (SSSR count). The average Bonchev–Trinajstić information content (AvgIpc) is 2.80. The van der Waals surface area contributed by atoms with Crippen LogP contribution in [0.2, 0.25) is 5.22 Å². The Labute approximate surface area is 127 Å². The van der Waals surface area contributed by atoms with Gasteiger partial charge in [-0.2, -0.15) is 0 Å². The van der Waals surface area contributed by atoms with Crippen molar-refractivity contribution in [1.82, 2.24) is 5.32 Å². The van der Waals surface area contributed by atoms with Crippen molar-refractivity contribution >= 4 is 22.6 Å². The highest BCUT2D eigenvalue weighted by Crippen LogP contribution is 2.29. The summed E-state index contributed by atoms with van der Waals surface area (Å²) in [7, 11) is 0. The van der Waals surface area contributed by atoms with Gasteiger partial charge in [0.15, 0.2) is 5.22 Å². The summed E-state index contributed by atoms with van der Waals surface area (Å²) in [6, 6.07) is 14.3. The van der Waals surface area contributed by atoms with Crippen LogP contribution in [0.5, 0.6) is 0 Å². The maximum atomic E-state index is 13.2. The molecule has 0 aliphatic heterocycles. The highest BCUT2D eigenvalue weighted by Gasteiger charge is 2.13. The van der Waals surface area contributed by atoms with Crippen LogP contribution in [0, 0.1) is 5.82 Å². The Morgan fingerprint density at radius 3 is 2.81 bits per heavy atom. The first-order chi connectivity index (χ1) is 10.1. The van der Waals surface area contributed by atoms with Crippen LogP contribution in [0.1, 0.15) is 24.1 Å². The van der Waals surface area contributed by atoms with E-state index in [-0.39, 0.29) is 11.9 Å². The zero-order valence-corrected chi connectivity index (χ0v) is 12.3. The molecule has 1 aromatic heterocycles. The fourth-order valence-electron chi connectivity index (χ4n) is 2.38. The molecule has 0 aliphatic rings. The first-order valence-corrected chi connectivity index (χ1v) is 7.17. The number of benzene rings is 2. The zero-order valence-electron chi connectivity index (χ0n) is 11.6. The molecule has 0 aliphatic carbocycles. The minimum atomic E-state index is -0.229. The van der Waals surface area contributed by atoms with Gasteiger partial charge in [-0.25, -0.2) is 4.39 Å². The number of furan rings is 1. The quantitative estimate of drug-likeness (QED) is 0.727. The topological polar surface area (TPSA) is 25.2 Å². The van der Waals surface area contributed by atoms with E-state index in [1.807, 2.05) is 37.3 Å². The average molecular weight is 304 g/mol. The maximum absolute atomic E-state index is 13.2. The van der Waals surface area contributed by atoms with Gasteiger partial charge in [-0.3, -0.25) is 0 Å². The summed E-state index contributed by atoms with van der Waals surface area (Å²) < 4.78 is 18.8. The lowest BCUT2D eigenvalue weighted by Gasteiger charge is -2.14. The molecule has 2 nitrogen and oxygen atoms in total. The lowest BCUT2D eigenvalue weighted by atomic mass is 10.1. The van der Waals surface area contributed by atoms with Gasteiger partial charge in [0.05, 0.1) is 0 Å². The number of halogens is 2. The Balaban J connectivity index is 1.79. The fourth-order valence-corrected chi connectivity index (χ4v) is 2.63. The number of hydrogen-bond donors (Lipinski definition) is 1. The van der Waals surface area contributed by atoms with Crippen molar-refractivity contribution in [2.24, 2.45) is 0 Å². The molecule has 2 aromatic carbocycles. The summed E-state index contributed by atoms with van der Waals surface area (Å²) in [5.74, 6) is -0.229. The van der Waals surface area contributed by atoms with Crippen molar-refractivity contribution in [2.75, 3.05) is 0 Å². The number of hydrogen-bond acceptors (Lipinski definition) is 2. The van der Waals surface area contributed by atoms with Crippen molar-refractivity contribution in [1.29, 1.82) is 0 Å². The largest absolute Gasteiger partial charge is 0.444 e. The summed E-state index contributed by atoms with van der Waals surface area (Å²) in [4.78, 5) is 0. The van der Waals surface area contributed by atoms with E-state index < -0.39 is 0 Å². The SMILES string of the molecule is CC(NCc1c(Cl)oc2ccccc12)c1cccc(F)c1. The van der Waals surface area contributed by atoms with Crippen LogP contribution in [0.15, 0.2) is 52.9 Å². The van der Waals surface area contributed by atoms with E-state index in [2.05, 4.69) is 5.32 Å². The van der Waals surface area contributed by atoms with E-state index in [9.17, 15) is 4.39 Å². The predicted molar refractivity (Wildman–Crippen MR) is 82.9 cm³/mol.